The molecule has 36 heavy (non-hydrogen) atoms. The van der Waals surface area contributed by atoms with Gasteiger partial charge in [0.2, 0.25) is 5.91 Å². The molecule has 0 aliphatic carbocycles. The van der Waals surface area contributed by atoms with Gasteiger partial charge >= 0.3 is 0 Å². The van der Waals surface area contributed by atoms with E-state index in [0.717, 1.165) is 59.7 Å². The Labute approximate surface area is 211 Å². The Bertz CT molecular complexity index is 1240. The standard InChI is InChI=1S/C28H33N5O3/c1-20-6-5-7-21(2)27(20)30-26(34)19-31-10-12-32(13-11-31)25-18-23(22-8-3-4-9-24(22)29-25)28(35)33-14-16-36-17-15-33/h3-9,18H,10-17,19H2,1-2H3,(H,30,34). The summed E-state index contributed by atoms with van der Waals surface area (Å²) < 4.78 is 5.43. The number of piperazine rings is 1. The summed E-state index contributed by atoms with van der Waals surface area (Å²) in [5.41, 5.74) is 4.55. The molecule has 2 aliphatic rings. The molecule has 2 aliphatic heterocycles. The smallest absolute Gasteiger partial charge is 0.254 e. The summed E-state index contributed by atoms with van der Waals surface area (Å²) in [4.78, 5) is 37.2. The van der Waals surface area contributed by atoms with E-state index in [4.69, 9.17) is 9.72 Å². The van der Waals surface area contributed by atoms with Crippen LogP contribution in [0.1, 0.15) is 21.5 Å². The van der Waals surface area contributed by atoms with Crippen molar-refractivity contribution >= 4 is 34.2 Å². The first-order chi connectivity index (χ1) is 17.5. The highest BCUT2D eigenvalue weighted by atomic mass is 16.5. The van der Waals surface area contributed by atoms with E-state index in [1.807, 2.05) is 67.3 Å². The van der Waals surface area contributed by atoms with E-state index in [2.05, 4.69) is 15.1 Å². The first kappa shape index (κ1) is 24.2. The summed E-state index contributed by atoms with van der Waals surface area (Å²) in [6.07, 6.45) is 0. The normalized spacial score (nSPS) is 16.8. The van der Waals surface area contributed by atoms with E-state index in [9.17, 15) is 9.59 Å². The molecule has 0 spiro atoms. The Kier molecular flexibility index (Phi) is 7.16. The van der Waals surface area contributed by atoms with Crippen molar-refractivity contribution in [2.75, 3.05) is 69.2 Å². The molecule has 8 nitrogen and oxygen atoms in total. The molecule has 188 valence electrons. The van der Waals surface area contributed by atoms with Gasteiger partial charge in [-0.15, -0.1) is 0 Å². The molecule has 2 aromatic carbocycles. The molecule has 5 rings (SSSR count). The first-order valence-corrected chi connectivity index (χ1v) is 12.6. The molecule has 1 N–H and O–H groups in total. The number of pyridine rings is 1. The lowest BCUT2D eigenvalue weighted by molar-refractivity contribution is -0.117. The van der Waals surface area contributed by atoms with Gasteiger partial charge in [0.1, 0.15) is 5.82 Å². The van der Waals surface area contributed by atoms with Crippen molar-refractivity contribution in [1.29, 1.82) is 0 Å². The lowest BCUT2D eigenvalue weighted by Gasteiger charge is -2.35. The minimum absolute atomic E-state index is 0.00285. The predicted molar refractivity (Wildman–Crippen MR) is 142 cm³/mol. The van der Waals surface area contributed by atoms with Gasteiger partial charge in [0.25, 0.3) is 5.91 Å². The zero-order chi connectivity index (χ0) is 25.1. The molecule has 2 amide bonds. The fourth-order valence-electron chi connectivity index (χ4n) is 4.97. The van der Waals surface area contributed by atoms with Crippen LogP contribution in [-0.4, -0.2) is 85.6 Å². The highest BCUT2D eigenvalue weighted by Crippen LogP contribution is 2.26. The summed E-state index contributed by atoms with van der Waals surface area (Å²) in [5, 5.41) is 3.96. The number of benzene rings is 2. The maximum atomic E-state index is 13.4. The number of carbonyl (C=O) groups is 2. The molecular formula is C28H33N5O3. The van der Waals surface area contributed by atoms with Gasteiger partial charge in [0.15, 0.2) is 0 Å². The van der Waals surface area contributed by atoms with E-state index in [-0.39, 0.29) is 11.8 Å². The molecule has 2 saturated heterocycles. The first-order valence-electron chi connectivity index (χ1n) is 12.6. The summed E-state index contributed by atoms with van der Waals surface area (Å²) in [6, 6.07) is 15.8. The fraction of sp³-hybridized carbons (Fsp3) is 0.393. The number of hydrogen-bond donors (Lipinski definition) is 1. The van der Waals surface area contributed by atoms with Crippen LogP contribution in [0.25, 0.3) is 10.9 Å². The lowest BCUT2D eigenvalue weighted by Crippen LogP contribution is -2.49. The Balaban J connectivity index is 1.27. The summed E-state index contributed by atoms with van der Waals surface area (Å²) in [5.74, 6) is 0.841. The number of rotatable bonds is 5. The third-order valence-electron chi connectivity index (χ3n) is 7.04. The van der Waals surface area contributed by atoms with E-state index < -0.39 is 0 Å². The van der Waals surface area contributed by atoms with Crippen LogP contribution >= 0.6 is 0 Å². The number of fused-ring (bicyclic) bond motifs is 1. The van der Waals surface area contributed by atoms with Crippen molar-refractivity contribution in [2.45, 2.75) is 13.8 Å². The quantitative estimate of drug-likeness (QED) is 0.596. The van der Waals surface area contributed by atoms with Gasteiger partial charge in [0.05, 0.1) is 30.8 Å². The van der Waals surface area contributed by atoms with Crippen molar-refractivity contribution in [3.63, 3.8) is 0 Å². The molecule has 0 saturated carbocycles. The summed E-state index contributed by atoms with van der Waals surface area (Å²) in [6.45, 7) is 9.71. The zero-order valence-electron chi connectivity index (χ0n) is 21.0. The number of nitrogens with one attached hydrogen (secondary N) is 1. The third-order valence-corrected chi connectivity index (χ3v) is 7.04. The number of ether oxygens (including phenoxy) is 1. The molecule has 0 unspecified atom stereocenters. The maximum absolute atomic E-state index is 13.4. The van der Waals surface area contributed by atoms with Gasteiger partial charge < -0.3 is 19.9 Å². The number of morpholine rings is 1. The van der Waals surface area contributed by atoms with Crippen molar-refractivity contribution in [1.82, 2.24) is 14.8 Å². The summed E-state index contributed by atoms with van der Waals surface area (Å²) >= 11 is 0. The van der Waals surface area contributed by atoms with Gasteiger partial charge in [0, 0.05) is 50.3 Å². The van der Waals surface area contributed by atoms with E-state index in [1.54, 1.807) is 0 Å². The number of anilines is 2. The average molecular weight is 488 g/mol. The second-order valence-electron chi connectivity index (χ2n) is 9.53. The van der Waals surface area contributed by atoms with Crippen molar-refractivity contribution in [3.05, 3.63) is 65.2 Å². The van der Waals surface area contributed by atoms with Crippen molar-refractivity contribution in [2.24, 2.45) is 0 Å². The lowest BCUT2D eigenvalue weighted by atomic mass is 10.1. The monoisotopic (exact) mass is 487 g/mol. The van der Waals surface area contributed by atoms with Crippen LogP contribution < -0.4 is 10.2 Å². The predicted octanol–water partition coefficient (Wildman–Crippen LogP) is 3.08. The Morgan fingerprint density at radius 2 is 1.61 bits per heavy atom. The number of hydrogen-bond acceptors (Lipinski definition) is 6. The van der Waals surface area contributed by atoms with Gasteiger partial charge in [-0.1, -0.05) is 36.4 Å². The number of aryl methyl sites for hydroxylation is 2. The number of amides is 2. The van der Waals surface area contributed by atoms with Crippen molar-refractivity contribution in [3.8, 4) is 0 Å². The second-order valence-corrected chi connectivity index (χ2v) is 9.53. The zero-order valence-corrected chi connectivity index (χ0v) is 21.0. The highest BCUT2D eigenvalue weighted by Gasteiger charge is 2.25. The minimum atomic E-state index is 0.00285. The summed E-state index contributed by atoms with van der Waals surface area (Å²) in [7, 11) is 0. The molecule has 8 heteroatoms. The van der Waals surface area contributed by atoms with Gasteiger partial charge in [-0.2, -0.15) is 0 Å². The van der Waals surface area contributed by atoms with Crippen LogP contribution in [0.4, 0.5) is 11.5 Å². The highest BCUT2D eigenvalue weighted by molar-refractivity contribution is 6.07. The number of aromatic nitrogens is 1. The molecule has 0 atom stereocenters. The van der Waals surface area contributed by atoms with E-state index >= 15 is 0 Å². The second kappa shape index (κ2) is 10.6. The topological polar surface area (TPSA) is 78.0 Å². The van der Waals surface area contributed by atoms with Crippen LogP contribution in [0, 0.1) is 13.8 Å². The van der Waals surface area contributed by atoms with E-state index in [1.165, 1.54) is 0 Å². The third kappa shape index (κ3) is 5.20. The van der Waals surface area contributed by atoms with Crippen LogP contribution in [-0.2, 0) is 9.53 Å². The van der Waals surface area contributed by atoms with Gasteiger partial charge in [-0.3, -0.25) is 14.5 Å². The van der Waals surface area contributed by atoms with Gasteiger partial charge in [-0.05, 0) is 37.1 Å². The Hall–Kier alpha value is -3.49. The molecule has 3 aromatic rings. The molecule has 0 bridgehead atoms. The number of nitrogens with zero attached hydrogens (tertiary/aromatic N) is 4. The molecule has 2 fully saturated rings. The maximum Gasteiger partial charge on any atom is 0.254 e. The van der Waals surface area contributed by atoms with E-state index in [0.29, 0.717) is 38.4 Å². The van der Waals surface area contributed by atoms with Crippen LogP contribution in [0.2, 0.25) is 0 Å². The van der Waals surface area contributed by atoms with Crippen molar-refractivity contribution < 1.29 is 14.3 Å². The van der Waals surface area contributed by atoms with Gasteiger partial charge in [-0.25, -0.2) is 4.98 Å². The number of para-hydroxylation sites is 2. The fourth-order valence-corrected chi connectivity index (χ4v) is 4.97. The number of carbonyl (C=O) groups excluding carboxylic acids is 2. The molecule has 3 heterocycles. The van der Waals surface area contributed by atoms with Crippen LogP contribution in [0.5, 0.6) is 0 Å². The SMILES string of the molecule is Cc1cccc(C)c1NC(=O)CN1CCN(c2cc(C(=O)N3CCOCC3)c3ccccc3n2)CC1. The Morgan fingerprint density at radius 3 is 2.33 bits per heavy atom. The minimum Gasteiger partial charge on any atom is -0.378 e. The van der Waals surface area contributed by atoms with Crippen LogP contribution in [0.15, 0.2) is 48.5 Å². The Morgan fingerprint density at radius 1 is 0.917 bits per heavy atom. The van der Waals surface area contributed by atoms with Crippen LogP contribution in [0.3, 0.4) is 0 Å². The average Bonchev–Trinajstić information content (AvgIpc) is 2.91. The largest absolute Gasteiger partial charge is 0.378 e. The molecule has 1 aromatic heterocycles. The molecule has 0 radical (unpaired) electrons. The molecular weight excluding hydrogens is 454 g/mol.